The van der Waals surface area contributed by atoms with Gasteiger partial charge >= 0.3 is 0 Å². The van der Waals surface area contributed by atoms with Gasteiger partial charge in [-0.25, -0.2) is 4.98 Å². The van der Waals surface area contributed by atoms with Gasteiger partial charge < -0.3 is 14.6 Å². The monoisotopic (exact) mass is 369 g/mol. The molecule has 0 atom stereocenters. The van der Waals surface area contributed by atoms with Gasteiger partial charge in [-0.1, -0.05) is 41.6 Å². The summed E-state index contributed by atoms with van der Waals surface area (Å²) in [5, 5.41) is 3.76. The van der Waals surface area contributed by atoms with Crippen LogP contribution in [0, 0.1) is 6.92 Å². The van der Waals surface area contributed by atoms with Crippen LogP contribution in [0.4, 0.5) is 0 Å². The quantitative estimate of drug-likeness (QED) is 0.486. The second kappa shape index (κ2) is 8.76. The van der Waals surface area contributed by atoms with Crippen molar-refractivity contribution in [1.29, 1.82) is 0 Å². The Hall–Kier alpha value is -2.47. The fourth-order valence-corrected chi connectivity index (χ4v) is 3.55. The molecule has 1 amide bonds. The van der Waals surface area contributed by atoms with Gasteiger partial charge in [0.15, 0.2) is 5.16 Å². The number of para-hydroxylation sites is 2. The van der Waals surface area contributed by atoms with E-state index in [1.807, 2.05) is 49.4 Å². The molecule has 0 bridgehead atoms. The van der Waals surface area contributed by atoms with Gasteiger partial charge in [-0.15, -0.1) is 0 Å². The van der Waals surface area contributed by atoms with Crippen LogP contribution in [0.15, 0.2) is 53.7 Å². The van der Waals surface area contributed by atoms with E-state index < -0.39 is 0 Å². The number of benzene rings is 2. The second-order valence-electron chi connectivity index (χ2n) is 5.93. The molecule has 3 rings (SSSR count). The second-order valence-corrected chi connectivity index (χ2v) is 6.87. The highest BCUT2D eigenvalue weighted by Gasteiger charge is 2.11. The lowest BCUT2D eigenvalue weighted by molar-refractivity contribution is -0.118. The Labute approximate surface area is 157 Å². The molecule has 3 aromatic rings. The van der Waals surface area contributed by atoms with Gasteiger partial charge in [0.25, 0.3) is 0 Å². The number of ether oxygens (including phenoxy) is 1. The molecule has 5 nitrogen and oxygen atoms in total. The average Bonchev–Trinajstić information content (AvgIpc) is 3.02. The van der Waals surface area contributed by atoms with Crippen LogP contribution >= 0.6 is 11.8 Å². The lowest BCUT2D eigenvalue weighted by atomic mass is 10.2. The highest BCUT2D eigenvalue weighted by Crippen LogP contribution is 2.23. The van der Waals surface area contributed by atoms with Gasteiger partial charge in [0, 0.05) is 6.54 Å². The first-order chi connectivity index (χ1) is 12.7. The molecule has 0 aliphatic rings. The lowest BCUT2D eigenvalue weighted by Gasteiger charge is -2.08. The Morgan fingerprint density at radius 2 is 1.96 bits per heavy atom. The standard InChI is InChI=1S/C20H23N3O2S/c1-3-23-18-7-5-4-6-17(18)22-20(23)26-14-19(24)21-12-13-25-16-10-8-15(2)9-11-16/h4-11H,3,12-14H2,1-2H3,(H,21,24). The fraction of sp³-hybridized carbons (Fsp3) is 0.300. The number of aryl methyl sites for hydroxylation is 2. The van der Waals surface area contributed by atoms with E-state index >= 15 is 0 Å². The molecule has 0 spiro atoms. The summed E-state index contributed by atoms with van der Waals surface area (Å²) < 4.78 is 7.75. The molecular formula is C20H23N3O2S. The minimum absolute atomic E-state index is 0.0165. The number of carbonyl (C=O) groups is 1. The zero-order valence-electron chi connectivity index (χ0n) is 15.1. The molecule has 0 unspecified atom stereocenters. The maximum Gasteiger partial charge on any atom is 0.230 e. The molecule has 0 aliphatic carbocycles. The average molecular weight is 369 g/mol. The number of hydrogen-bond donors (Lipinski definition) is 1. The summed E-state index contributed by atoms with van der Waals surface area (Å²) in [6, 6.07) is 15.9. The maximum absolute atomic E-state index is 12.1. The Bertz CT molecular complexity index is 874. The molecule has 1 heterocycles. The Kier molecular flexibility index (Phi) is 6.17. The predicted molar refractivity (Wildman–Crippen MR) is 106 cm³/mol. The van der Waals surface area contributed by atoms with Gasteiger partial charge in [0.05, 0.1) is 23.3 Å². The van der Waals surface area contributed by atoms with Crippen molar-refractivity contribution in [2.24, 2.45) is 0 Å². The smallest absolute Gasteiger partial charge is 0.230 e. The molecule has 2 aromatic carbocycles. The van der Waals surface area contributed by atoms with Crippen molar-refractivity contribution in [2.45, 2.75) is 25.5 Å². The summed E-state index contributed by atoms with van der Waals surface area (Å²) in [4.78, 5) is 16.7. The predicted octanol–water partition coefficient (Wildman–Crippen LogP) is 3.65. The summed E-state index contributed by atoms with van der Waals surface area (Å²) >= 11 is 1.46. The molecule has 26 heavy (non-hydrogen) atoms. The molecule has 0 aliphatic heterocycles. The van der Waals surface area contributed by atoms with E-state index in [9.17, 15) is 4.79 Å². The number of rotatable bonds is 8. The van der Waals surface area contributed by atoms with Crippen molar-refractivity contribution in [1.82, 2.24) is 14.9 Å². The number of nitrogens with zero attached hydrogens (tertiary/aromatic N) is 2. The third kappa shape index (κ3) is 4.58. The van der Waals surface area contributed by atoms with Crippen molar-refractivity contribution >= 4 is 28.7 Å². The number of imidazole rings is 1. The normalized spacial score (nSPS) is 10.8. The summed E-state index contributed by atoms with van der Waals surface area (Å²) in [6.07, 6.45) is 0. The van der Waals surface area contributed by atoms with Crippen LogP contribution in [0.25, 0.3) is 11.0 Å². The Balaban J connectivity index is 1.45. The van der Waals surface area contributed by atoms with Gasteiger partial charge in [0.2, 0.25) is 5.91 Å². The third-order valence-corrected chi connectivity index (χ3v) is 4.96. The molecule has 0 saturated carbocycles. The van der Waals surface area contributed by atoms with E-state index in [0.717, 1.165) is 28.5 Å². The van der Waals surface area contributed by atoms with Crippen LogP contribution in [0.5, 0.6) is 5.75 Å². The van der Waals surface area contributed by atoms with Gasteiger partial charge in [-0.2, -0.15) is 0 Å². The fourth-order valence-electron chi connectivity index (χ4n) is 2.64. The molecular weight excluding hydrogens is 346 g/mol. The number of aromatic nitrogens is 2. The lowest BCUT2D eigenvalue weighted by Crippen LogP contribution is -2.29. The van der Waals surface area contributed by atoms with Gasteiger partial charge in [-0.3, -0.25) is 4.79 Å². The summed E-state index contributed by atoms with van der Waals surface area (Å²) in [5.41, 5.74) is 3.26. The number of thioether (sulfide) groups is 1. The van der Waals surface area contributed by atoms with Crippen molar-refractivity contribution < 1.29 is 9.53 Å². The van der Waals surface area contributed by atoms with Crippen LogP contribution in [0.1, 0.15) is 12.5 Å². The molecule has 136 valence electrons. The molecule has 0 radical (unpaired) electrons. The molecule has 6 heteroatoms. The first-order valence-corrected chi connectivity index (χ1v) is 9.70. The molecule has 1 N–H and O–H groups in total. The highest BCUT2D eigenvalue weighted by atomic mass is 32.2. The number of fused-ring (bicyclic) bond motifs is 1. The van der Waals surface area contributed by atoms with E-state index in [-0.39, 0.29) is 5.91 Å². The molecule has 1 aromatic heterocycles. The minimum atomic E-state index is -0.0165. The maximum atomic E-state index is 12.1. The van der Waals surface area contributed by atoms with E-state index in [1.165, 1.54) is 17.3 Å². The molecule has 0 fully saturated rings. The largest absolute Gasteiger partial charge is 0.492 e. The number of nitrogens with one attached hydrogen (secondary N) is 1. The zero-order chi connectivity index (χ0) is 18.4. The van der Waals surface area contributed by atoms with E-state index in [1.54, 1.807) is 0 Å². The van der Waals surface area contributed by atoms with E-state index in [4.69, 9.17) is 4.74 Å². The summed E-state index contributed by atoms with van der Waals surface area (Å²) in [6.45, 7) is 5.88. The van der Waals surface area contributed by atoms with Crippen molar-refractivity contribution in [3.63, 3.8) is 0 Å². The van der Waals surface area contributed by atoms with Crippen LogP contribution in [-0.2, 0) is 11.3 Å². The SMILES string of the molecule is CCn1c(SCC(=O)NCCOc2ccc(C)cc2)nc2ccccc21. The van der Waals surface area contributed by atoms with E-state index in [0.29, 0.717) is 18.9 Å². The topological polar surface area (TPSA) is 56.2 Å². The van der Waals surface area contributed by atoms with Gasteiger partial charge in [0.1, 0.15) is 12.4 Å². The first kappa shape index (κ1) is 18.3. The van der Waals surface area contributed by atoms with Crippen LogP contribution in [0.2, 0.25) is 0 Å². The van der Waals surface area contributed by atoms with Crippen LogP contribution in [-0.4, -0.2) is 34.4 Å². The first-order valence-electron chi connectivity index (χ1n) is 8.71. The van der Waals surface area contributed by atoms with Gasteiger partial charge in [-0.05, 0) is 38.1 Å². The number of amides is 1. The zero-order valence-corrected chi connectivity index (χ0v) is 15.9. The molecule has 0 saturated heterocycles. The van der Waals surface area contributed by atoms with Crippen molar-refractivity contribution in [2.75, 3.05) is 18.9 Å². The number of hydrogen-bond acceptors (Lipinski definition) is 4. The van der Waals surface area contributed by atoms with E-state index in [2.05, 4.69) is 27.9 Å². The van der Waals surface area contributed by atoms with Crippen LogP contribution < -0.4 is 10.1 Å². The Morgan fingerprint density at radius 3 is 2.73 bits per heavy atom. The minimum Gasteiger partial charge on any atom is -0.492 e. The third-order valence-electron chi connectivity index (χ3n) is 3.98. The summed E-state index contributed by atoms with van der Waals surface area (Å²) in [5.74, 6) is 1.14. The van der Waals surface area contributed by atoms with Crippen molar-refractivity contribution in [3.8, 4) is 5.75 Å². The summed E-state index contributed by atoms with van der Waals surface area (Å²) in [7, 11) is 0. The van der Waals surface area contributed by atoms with Crippen LogP contribution in [0.3, 0.4) is 0 Å². The Morgan fingerprint density at radius 1 is 1.19 bits per heavy atom. The van der Waals surface area contributed by atoms with Crippen molar-refractivity contribution in [3.05, 3.63) is 54.1 Å². The highest BCUT2D eigenvalue weighted by molar-refractivity contribution is 7.99. The number of carbonyl (C=O) groups excluding carboxylic acids is 1.